The van der Waals surface area contributed by atoms with Crippen molar-refractivity contribution >= 4 is 15.5 Å². The maximum atomic E-state index is 11.7. The number of para-hydroxylation sites is 1. The van der Waals surface area contributed by atoms with Crippen LogP contribution in [0.15, 0.2) is 40.3 Å². The topological polar surface area (TPSA) is 46.2 Å². The molecule has 74 valence electrons. The minimum atomic E-state index is -3.26. The molecule has 0 fully saturated rings. The van der Waals surface area contributed by atoms with Crippen molar-refractivity contribution in [3.05, 3.63) is 41.8 Å². The first-order valence-corrected chi connectivity index (χ1v) is 5.80. The number of hydrogen-bond donors (Lipinski definition) is 1. The Bertz CT molecular complexity index is 489. The van der Waals surface area contributed by atoms with E-state index in [2.05, 4.69) is 5.32 Å². The van der Waals surface area contributed by atoms with Gasteiger partial charge in [0.1, 0.15) is 9.84 Å². The van der Waals surface area contributed by atoms with E-state index in [1.807, 2.05) is 0 Å². The van der Waals surface area contributed by atoms with E-state index in [4.69, 9.17) is 0 Å². The molecule has 0 spiro atoms. The first-order chi connectivity index (χ1) is 6.63. The van der Waals surface area contributed by atoms with Crippen LogP contribution in [0.2, 0.25) is 0 Å². The summed E-state index contributed by atoms with van der Waals surface area (Å²) in [5, 5.41) is 4.27. The molecule has 1 N–H and O–H groups in total. The van der Waals surface area contributed by atoms with Crippen LogP contribution in [-0.2, 0) is 9.84 Å². The fourth-order valence-corrected chi connectivity index (χ4v) is 2.72. The lowest BCUT2D eigenvalue weighted by Crippen LogP contribution is -2.12. The van der Waals surface area contributed by atoms with Crippen molar-refractivity contribution in [2.75, 3.05) is 5.32 Å². The van der Waals surface area contributed by atoms with Crippen molar-refractivity contribution in [3.63, 3.8) is 0 Å². The number of rotatable bonds is 1. The summed E-state index contributed by atoms with van der Waals surface area (Å²) in [6.07, 6.45) is 1.73. The molecule has 0 amide bonds. The number of fused-ring (bicyclic) bond motifs is 1. The van der Waals surface area contributed by atoms with Crippen molar-refractivity contribution in [2.45, 2.75) is 11.8 Å². The Morgan fingerprint density at radius 1 is 1.29 bits per heavy atom. The molecule has 0 bridgehead atoms. The number of hydrogen-bond acceptors (Lipinski definition) is 3. The van der Waals surface area contributed by atoms with E-state index in [9.17, 15) is 8.42 Å². The number of benzene rings is 1. The molecule has 1 aromatic carbocycles. The first kappa shape index (κ1) is 9.15. The zero-order valence-electron chi connectivity index (χ0n) is 7.69. The third kappa shape index (κ3) is 1.37. The Morgan fingerprint density at radius 3 is 2.71 bits per heavy atom. The summed E-state index contributed by atoms with van der Waals surface area (Å²) >= 11 is 0. The molecule has 4 heteroatoms. The lowest BCUT2D eigenvalue weighted by molar-refractivity contribution is 0.604. The van der Waals surface area contributed by atoms with E-state index >= 15 is 0 Å². The van der Waals surface area contributed by atoms with E-state index in [1.165, 1.54) is 5.41 Å². The largest absolute Gasteiger partial charge is 0.388 e. The van der Waals surface area contributed by atoms with Crippen LogP contribution in [0, 0.1) is 6.42 Å². The molecule has 1 aliphatic heterocycles. The summed E-state index contributed by atoms with van der Waals surface area (Å²) in [5.74, 6) is 0. The lowest BCUT2D eigenvalue weighted by atomic mass is 10.3. The minimum Gasteiger partial charge on any atom is -0.388 e. The number of anilines is 1. The quantitative estimate of drug-likeness (QED) is 0.717. The van der Waals surface area contributed by atoms with Gasteiger partial charge in [0.05, 0.1) is 10.6 Å². The zero-order valence-corrected chi connectivity index (χ0v) is 8.51. The van der Waals surface area contributed by atoms with Crippen LogP contribution in [-0.4, -0.2) is 8.42 Å². The van der Waals surface area contributed by atoms with Crippen molar-refractivity contribution < 1.29 is 8.42 Å². The van der Waals surface area contributed by atoms with Gasteiger partial charge in [0.2, 0.25) is 0 Å². The predicted molar refractivity (Wildman–Crippen MR) is 55.3 cm³/mol. The SMILES string of the molecule is C[CH-]C1=CS(=O)(=O)c2ccccc2N1. The van der Waals surface area contributed by atoms with Crippen LogP contribution in [0.25, 0.3) is 0 Å². The summed E-state index contributed by atoms with van der Waals surface area (Å²) < 4.78 is 23.4. The smallest absolute Gasteiger partial charge is 0.137 e. The molecular formula is C10H10NO2S-. The standard InChI is InChI=1S/C10H10NO2S/c1-2-8-7-14(12,13)10-6-4-3-5-9(10)11-8/h2-7,11H,1H3/q-1. The fraction of sp³-hybridized carbons (Fsp3) is 0.100. The molecule has 1 aromatic rings. The van der Waals surface area contributed by atoms with Crippen LogP contribution >= 0.6 is 0 Å². The summed E-state index contributed by atoms with van der Waals surface area (Å²) in [6, 6.07) is 6.87. The normalized spacial score (nSPS) is 17.6. The summed E-state index contributed by atoms with van der Waals surface area (Å²) in [6.45, 7) is 1.79. The van der Waals surface area contributed by atoms with E-state index in [0.717, 1.165) is 0 Å². The third-order valence-corrected chi connectivity index (χ3v) is 3.60. The van der Waals surface area contributed by atoms with E-state index in [-0.39, 0.29) is 0 Å². The maximum Gasteiger partial charge on any atom is 0.137 e. The summed E-state index contributed by atoms with van der Waals surface area (Å²) in [4.78, 5) is 0.339. The average Bonchev–Trinajstić information content (AvgIpc) is 2.17. The highest BCUT2D eigenvalue weighted by Gasteiger charge is 2.15. The van der Waals surface area contributed by atoms with Crippen molar-refractivity contribution in [2.24, 2.45) is 0 Å². The Morgan fingerprint density at radius 2 is 2.00 bits per heavy atom. The van der Waals surface area contributed by atoms with E-state index < -0.39 is 9.84 Å². The minimum absolute atomic E-state index is 0.339. The predicted octanol–water partition coefficient (Wildman–Crippen LogP) is 1.95. The Labute approximate surface area is 83.4 Å². The molecule has 3 nitrogen and oxygen atoms in total. The second-order valence-corrected chi connectivity index (χ2v) is 4.79. The second kappa shape index (κ2) is 3.06. The zero-order chi connectivity index (χ0) is 10.2. The van der Waals surface area contributed by atoms with Gasteiger partial charge in [0, 0.05) is 0 Å². The molecule has 0 atom stereocenters. The molecule has 1 heterocycles. The van der Waals surface area contributed by atoms with Crippen LogP contribution in [0.1, 0.15) is 6.92 Å². The lowest BCUT2D eigenvalue weighted by Gasteiger charge is -2.24. The van der Waals surface area contributed by atoms with Crippen molar-refractivity contribution in [1.82, 2.24) is 0 Å². The highest BCUT2D eigenvalue weighted by atomic mass is 32.2. The average molecular weight is 208 g/mol. The van der Waals surface area contributed by atoms with Crippen molar-refractivity contribution in [3.8, 4) is 0 Å². The Kier molecular flexibility index (Phi) is 2.00. The summed E-state index contributed by atoms with van der Waals surface area (Å²) in [7, 11) is -3.26. The first-order valence-electron chi connectivity index (χ1n) is 4.26. The number of nitrogens with one attached hydrogen (secondary N) is 1. The van der Waals surface area contributed by atoms with Crippen LogP contribution < -0.4 is 5.32 Å². The van der Waals surface area contributed by atoms with Gasteiger partial charge in [0.15, 0.2) is 0 Å². The molecule has 0 saturated carbocycles. The maximum absolute atomic E-state index is 11.7. The fourth-order valence-electron chi connectivity index (χ4n) is 1.37. The summed E-state index contributed by atoms with van der Waals surface area (Å²) in [5.41, 5.74) is 1.26. The van der Waals surface area contributed by atoms with E-state index in [1.54, 1.807) is 37.6 Å². The van der Waals surface area contributed by atoms with Gasteiger partial charge in [0.25, 0.3) is 0 Å². The molecule has 0 saturated heterocycles. The monoisotopic (exact) mass is 208 g/mol. The van der Waals surface area contributed by atoms with Gasteiger partial charge in [-0.05, 0) is 12.1 Å². The molecular weight excluding hydrogens is 198 g/mol. The van der Waals surface area contributed by atoms with Crippen LogP contribution in [0.3, 0.4) is 0 Å². The van der Waals surface area contributed by atoms with Gasteiger partial charge in [-0.2, -0.15) is 0 Å². The van der Waals surface area contributed by atoms with Crippen molar-refractivity contribution in [1.29, 1.82) is 0 Å². The highest BCUT2D eigenvalue weighted by Crippen LogP contribution is 2.29. The Balaban J connectivity index is 2.63. The molecule has 0 radical (unpaired) electrons. The highest BCUT2D eigenvalue weighted by molar-refractivity contribution is 7.94. The molecule has 0 aliphatic carbocycles. The molecule has 0 unspecified atom stereocenters. The van der Waals surface area contributed by atoms with Gasteiger partial charge in [-0.1, -0.05) is 17.5 Å². The number of sulfone groups is 1. The number of allylic oxidation sites excluding steroid dienone is 1. The van der Waals surface area contributed by atoms with Gasteiger partial charge >= 0.3 is 0 Å². The molecule has 2 rings (SSSR count). The molecule has 14 heavy (non-hydrogen) atoms. The third-order valence-electron chi connectivity index (χ3n) is 2.07. The van der Waals surface area contributed by atoms with Gasteiger partial charge < -0.3 is 5.32 Å². The van der Waals surface area contributed by atoms with Gasteiger partial charge in [-0.25, -0.2) is 14.8 Å². The van der Waals surface area contributed by atoms with Gasteiger partial charge in [-0.15, -0.1) is 12.6 Å². The second-order valence-electron chi connectivity index (χ2n) is 3.03. The van der Waals surface area contributed by atoms with Crippen LogP contribution in [0.5, 0.6) is 0 Å². The molecule has 0 aromatic heterocycles. The van der Waals surface area contributed by atoms with Gasteiger partial charge in [-0.3, -0.25) is 0 Å². The van der Waals surface area contributed by atoms with Crippen LogP contribution in [0.4, 0.5) is 5.69 Å². The molecule has 1 aliphatic rings. The van der Waals surface area contributed by atoms with E-state index in [0.29, 0.717) is 16.3 Å². The Hall–Kier alpha value is -1.42.